The van der Waals surface area contributed by atoms with Gasteiger partial charge in [0.25, 0.3) is 5.91 Å². The Kier molecular flexibility index (Phi) is 6.63. The van der Waals surface area contributed by atoms with Crippen LogP contribution in [-0.2, 0) is 0 Å². The normalized spacial score (nSPS) is 11.0. The van der Waals surface area contributed by atoms with Crippen LogP contribution in [0.3, 0.4) is 0 Å². The maximum absolute atomic E-state index is 12.6. The van der Waals surface area contributed by atoms with Crippen molar-refractivity contribution in [2.24, 2.45) is 0 Å². The van der Waals surface area contributed by atoms with Crippen molar-refractivity contribution >= 4 is 41.9 Å². The summed E-state index contributed by atoms with van der Waals surface area (Å²) in [6, 6.07) is 24.2. The minimum Gasteiger partial charge on any atom is -0.442 e. The summed E-state index contributed by atoms with van der Waals surface area (Å²) in [4.78, 5) is 13.3. The second-order valence-corrected chi connectivity index (χ2v) is 7.00. The average Bonchev–Trinajstić information content (AvgIpc) is 2.71. The maximum atomic E-state index is 12.6. The Morgan fingerprint density at radius 1 is 1.00 bits per heavy atom. The predicted molar refractivity (Wildman–Crippen MR) is 120 cm³/mol. The highest BCUT2D eigenvalue weighted by Crippen LogP contribution is 2.24. The molecule has 3 nitrogen and oxygen atoms in total. The van der Waals surface area contributed by atoms with Crippen LogP contribution in [0.2, 0.25) is 0 Å². The third-order valence-corrected chi connectivity index (χ3v) is 4.58. The second kappa shape index (κ2) is 9.35. The Labute approximate surface area is 175 Å². The van der Waals surface area contributed by atoms with Gasteiger partial charge in [-0.1, -0.05) is 54.6 Å². The van der Waals surface area contributed by atoms with Crippen LogP contribution >= 0.6 is 24.8 Å². The van der Waals surface area contributed by atoms with E-state index in [4.69, 9.17) is 17.0 Å². The number of carbonyl (C=O) groups excluding carboxylic acids is 1. The molecule has 0 aliphatic heterocycles. The van der Waals surface area contributed by atoms with Crippen molar-refractivity contribution < 1.29 is 9.53 Å². The first-order valence-electron chi connectivity index (χ1n) is 8.68. The van der Waals surface area contributed by atoms with Crippen molar-refractivity contribution in [2.75, 3.05) is 0 Å². The lowest BCUT2D eigenvalue weighted by Crippen LogP contribution is -2.29. The van der Waals surface area contributed by atoms with Crippen LogP contribution in [0.4, 0.5) is 0 Å². The number of rotatable bonds is 5. The number of ether oxygens (including phenoxy) is 1. The van der Waals surface area contributed by atoms with E-state index in [9.17, 15) is 4.79 Å². The topological polar surface area (TPSA) is 38.3 Å². The minimum atomic E-state index is -0.260. The van der Waals surface area contributed by atoms with Crippen LogP contribution in [0.15, 0.2) is 89.5 Å². The van der Waals surface area contributed by atoms with Gasteiger partial charge in [-0.05, 0) is 60.6 Å². The molecule has 0 saturated heterocycles. The summed E-state index contributed by atoms with van der Waals surface area (Å²) in [5.41, 5.74) is 2.91. The monoisotopic (exact) mass is 405 g/mol. The van der Waals surface area contributed by atoms with E-state index in [0.717, 1.165) is 11.1 Å². The smallest absolute Gasteiger partial charge is 0.255 e. The van der Waals surface area contributed by atoms with Gasteiger partial charge in [0, 0.05) is 10.5 Å². The molecule has 0 atom stereocenters. The molecule has 0 saturated carbocycles. The fraction of sp³-hybridized carbons (Fsp3) is 0.0435. The van der Waals surface area contributed by atoms with Crippen molar-refractivity contribution in [1.29, 1.82) is 0 Å². The first kappa shape index (κ1) is 19.9. The predicted octanol–water partition coefficient (Wildman–Crippen LogP) is 5.46. The maximum Gasteiger partial charge on any atom is 0.255 e. The van der Waals surface area contributed by atoms with Gasteiger partial charge in [0.05, 0.1) is 5.70 Å². The van der Waals surface area contributed by atoms with E-state index in [1.165, 1.54) is 0 Å². The number of benzene rings is 3. The van der Waals surface area contributed by atoms with E-state index in [0.29, 0.717) is 21.9 Å². The Morgan fingerprint density at radius 2 is 1.64 bits per heavy atom. The number of aryl methyl sites for hydroxylation is 1. The molecular formula is C23H19NO2S2. The Hall–Kier alpha value is -2.89. The summed E-state index contributed by atoms with van der Waals surface area (Å²) in [5, 5.41) is 3.02. The zero-order valence-corrected chi connectivity index (χ0v) is 17.0. The molecule has 28 heavy (non-hydrogen) atoms. The van der Waals surface area contributed by atoms with Gasteiger partial charge in [0.15, 0.2) is 0 Å². The molecule has 3 rings (SSSR count). The number of thiocarbonyl (C=S) groups is 1. The molecule has 5 heteroatoms. The van der Waals surface area contributed by atoms with Crippen molar-refractivity contribution in [3.05, 3.63) is 101 Å². The summed E-state index contributed by atoms with van der Waals surface area (Å²) in [7, 11) is 0. The van der Waals surface area contributed by atoms with Gasteiger partial charge in [-0.25, -0.2) is 0 Å². The molecular weight excluding hydrogens is 386 g/mol. The van der Waals surface area contributed by atoms with Gasteiger partial charge >= 0.3 is 0 Å². The number of carbonyl (C=O) groups is 1. The lowest BCUT2D eigenvalue weighted by atomic mass is 10.1. The van der Waals surface area contributed by atoms with E-state index in [-0.39, 0.29) is 11.0 Å². The molecule has 0 aromatic heterocycles. The number of thiol groups is 1. The Balaban J connectivity index is 1.88. The van der Waals surface area contributed by atoms with E-state index in [1.807, 2.05) is 73.7 Å². The highest BCUT2D eigenvalue weighted by Gasteiger charge is 2.14. The standard InChI is InChI=1S/C23H19NO2S2/c1-16-12-13-20(21(27)14-16)26-23(28)19(15-17-8-4-2-5-9-17)24-22(25)18-10-6-3-7-11-18/h2-15,27H,1H3,(H,24,25). The first-order chi connectivity index (χ1) is 13.5. The first-order valence-corrected chi connectivity index (χ1v) is 9.53. The molecule has 0 fully saturated rings. The molecule has 0 spiro atoms. The molecule has 0 radical (unpaired) electrons. The van der Waals surface area contributed by atoms with Crippen molar-refractivity contribution in [1.82, 2.24) is 5.32 Å². The highest BCUT2D eigenvalue weighted by atomic mass is 32.1. The lowest BCUT2D eigenvalue weighted by molar-refractivity contribution is 0.0967. The third-order valence-electron chi connectivity index (χ3n) is 3.93. The van der Waals surface area contributed by atoms with Crippen LogP contribution in [-0.4, -0.2) is 11.0 Å². The SMILES string of the molecule is Cc1ccc(OC(=S)C(=Cc2ccccc2)NC(=O)c2ccccc2)c(S)c1. The van der Waals surface area contributed by atoms with Crippen LogP contribution in [0.5, 0.6) is 5.75 Å². The van der Waals surface area contributed by atoms with Crippen LogP contribution in [0.25, 0.3) is 6.08 Å². The average molecular weight is 406 g/mol. The summed E-state index contributed by atoms with van der Waals surface area (Å²) < 4.78 is 5.84. The second-order valence-electron chi connectivity index (χ2n) is 6.15. The number of nitrogens with one attached hydrogen (secondary N) is 1. The summed E-state index contributed by atoms with van der Waals surface area (Å²) in [6.07, 6.45) is 1.79. The largest absolute Gasteiger partial charge is 0.442 e. The Bertz CT molecular complexity index is 1020. The quantitative estimate of drug-likeness (QED) is 0.336. The molecule has 0 aliphatic rings. The van der Waals surface area contributed by atoms with Crippen molar-refractivity contribution in [3.8, 4) is 5.75 Å². The van der Waals surface area contributed by atoms with Gasteiger partial charge in [0.1, 0.15) is 5.75 Å². The van der Waals surface area contributed by atoms with Crippen LogP contribution < -0.4 is 10.1 Å². The molecule has 0 unspecified atom stereocenters. The zero-order valence-electron chi connectivity index (χ0n) is 15.3. The van der Waals surface area contributed by atoms with Gasteiger partial charge in [0.2, 0.25) is 5.05 Å². The minimum absolute atomic E-state index is 0.160. The molecule has 1 N–H and O–H groups in total. The molecule has 3 aromatic carbocycles. The van der Waals surface area contributed by atoms with Crippen LogP contribution in [0.1, 0.15) is 21.5 Å². The number of hydrogen-bond donors (Lipinski definition) is 2. The molecule has 3 aromatic rings. The molecule has 0 aliphatic carbocycles. The Morgan fingerprint density at radius 3 is 2.29 bits per heavy atom. The molecule has 140 valence electrons. The fourth-order valence-electron chi connectivity index (χ4n) is 2.51. The summed E-state index contributed by atoms with van der Waals surface area (Å²) >= 11 is 9.92. The van der Waals surface area contributed by atoms with Crippen molar-refractivity contribution in [3.63, 3.8) is 0 Å². The summed E-state index contributed by atoms with van der Waals surface area (Å²) in [6.45, 7) is 1.97. The van der Waals surface area contributed by atoms with E-state index >= 15 is 0 Å². The number of hydrogen-bond acceptors (Lipinski definition) is 4. The van der Waals surface area contributed by atoms with E-state index in [1.54, 1.807) is 18.2 Å². The fourth-order valence-corrected chi connectivity index (χ4v) is 3.04. The van der Waals surface area contributed by atoms with Crippen molar-refractivity contribution in [2.45, 2.75) is 11.8 Å². The molecule has 0 heterocycles. The summed E-state index contributed by atoms with van der Waals surface area (Å²) in [5.74, 6) is 0.274. The third kappa shape index (κ3) is 5.31. The van der Waals surface area contributed by atoms with Gasteiger partial charge in [-0.2, -0.15) is 0 Å². The van der Waals surface area contributed by atoms with Gasteiger partial charge in [-0.15, -0.1) is 12.6 Å². The number of amides is 1. The zero-order chi connectivity index (χ0) is 19.9. The van der Waals surface area contributed by atoms with E-state index in [2.05, 4.69) is 17.9 Å². The van der Waals surface area contributed by atoms with E-state index < -0.39 is 0 Å². The van der Waals surface area contributed by atoms with Gasteiger partial charge < -0.3 is 10.1 Å². The van der Waals surface area contributed by atoms with Gasteiger partial charge in [-0.3, -0.25) is 4.79 Å². The van der Waals surface area contributed by atoms with Crippen LogP contribution in [0, 0.1) is 6.92 Å². The highest BCUT2D eigenvalue weighted by molar-refractivity contribution is 7.80. The lowest BCUT2D eigenvalue weighted by Gasteiger charge is -2.14. The molecule has 1 amide bonds. The molecule has 0 bridgehead atoms.